The third-order valence-corrected chi connectivity index (χ3v) is 3.04. The van der Waals surface area contributed by atoms with Gasteiger partial charge >= 0.3 is 0 Å². The molecule has 4 heteroatoms. The summed E-state index contributed by atoms with van der Waals surface area (Å²) in [6.07, 6.45) is 10.0. The van der Waals surface area contributed by atoms with Crippen molar-refractivity contribution in [2.24, 2.45) is 0 Å². The second-order valence-corrected chi connectivity index (χ2v) is 4.54. The fourth-order valence-corrected chi connectivity index (χ4v) is 2.00. The molecule has 0 saturated heterocycles. The number of methoxy groups -OCH3 is 2. The second kappa shape index (κ2) is 21.3. The average Bonchev–Trinajstić information content (AvgIpc) is 3.15. The standard InChI is InChI=1S/C14H15NO2.C5H5.5CH3.Ti/c1-16-13-10-6-9-12(14(13)17-2)15-11-7-4-3-5-8-11;1-2-4-5-3-1;;;;;;/h3-10,15H,1-2H3;1-3H,4H2;5*1H3;/q;6*-1;. The van der Waals surface area contributed by atoms with Crippen molar-refractivity contribution in [2.45, 2.75) is 6.42 Å². The number of anilines is 2. The van der Waals surface area contributed by atoms with Gasteiger partial charge < -0.3 is 51.9 Å². The molecule has 158 valence electrons. The fourth-order valence-electron chi connectivity index (χ4n) is 2.00. The van der Waals surface area contributed by atoms with Gasteiger partial charge in [0, 0.05) is 27.4 Å². The van der Waals surface area contributed by atoms with Crippen LogP contribution in [0.15, 0.2) is 66.8 Å². The number of ether oxygens (including phenoxy) is 2. The number of hydrogen-bond acceptors (Lipinski definition) is 3. The summed E-state index contributed by atoms with van der Waals surface area (Å²) in [7, 11) is 3.26. The summed E-state index contributed by atoms with van der Waals surface area (Å²) in [6, 6.07) is 15.7. The molecule has 1 aliphatic carbocycles. The zero-order valence-corrected chi connectivity index (χ0v) is 19.9. The molecule has 0 heterocycles. The summed E-state index contributed by atoms with van der Waals surface area (Å²) < 4.78 is 10.6. The quantitative estimate of drug-likeness (QED) is 0.429. The number of nitrogens with one attached hydrogen (secondary N) is 1. The van der Waals surface area contributed by atoms with Crippen LogP contribution < -0.4 is 14.8 Å². The summed E-state index contributed by atoms with van der Waals surface area (Å²) in [5.74, 6) is 1.42. The monoisotopic (exact) mass is 417 g/mol. The van der Waals surface area contributed by atoms with E-state index in [1.807, 2.05) is 60.7 Å². The van der Waals surface area contributed by atoms with Crippen molar-refractivity contribution in [3.05, 3.63) is 110 Å². The fraction of sp³-hybridized carbons (Fsp3) is 0.125. The van der Waals surface area contributed by atoms with Crippen molar-refractivity contribution in [2.75, 3.05) is 19.5 Å². The Morgan fingerprint density at radius 3 is 1.89 bits per heavy atom. The Hall–Kier alpha value is -1.97. The van der Waals surface area contributed by atoms with Crippen LogP contribution >= 0.6 is 0 Å². The van der Waals surface area contributed by atoms with Crippen LogP contribution in [0.1, 0.15) is 6.42 Å². The van der Waals surface area contributed by atoms with E-state index in [0.29, 0.717) is 11.5 Å². The molecule has 0 fully saturated rings. The summed E-state index contributed by atoms with van der Waals surface area (Å²) in [6.45, 7) is 0. The first kappa shape index (κ1) is 36.9. The smallest absolute Gasteiger partial charge is 0.184 e. The van der Waals surface area contributed by atoms with E-state index in [2.05, 4.69) is 17.5 Å². The van der Waals surface area contributed by atoms with Gasteiger partial charge in [0.25, 0.3) is 0 Å². The molecule has 0 aliphatic heterocycles. The first-order valence-electron chi connectivity index (χ1n) is 7.10. The predicted octanol–water partition coefficient (Wildman–Crippen LogP) is 7.00. The molecule has 1 N–H and O–H groups in total. The van der Waals surface area contributed by atoms with Gasteiger partial charge in [0.1, 0.15) is 0 Å². The minimum atomic E-state index is 0. The third kappa shape index (κ3) is 11.7. The molecule has 0 amide bonds. The first-order chi connectivity index (χ1) is 10.8. The van der Waals surface area contributed by atoms with Gasteiger partial charge in [-0.1, -0.05) is 24.3 Å². The summed E-state index contributed by atoms with van der Waals surface area (Å²) in [4.78, 5) is 0. The van der Waals surface area contributed by atoms with Crippen molar-refractivity contribution in [3.8, 4) is 11.5 Å². The van der Waals surface area contributed by atoms with Crippen molar-refractivity contribution in [1.29, 1.82) is 0 Å². The van der Waals surface area contributed by atoms with Gasteiger partial charge in [0.05, 0.1) is 19.9 Å². The van der Waals surface area contributed by atoms with Crippen LogP contribution in [-0.2, 0) is 21.7 Å². The van der Waals surface area contributed by atoms with E-state index in [1.165, 1.54) is 0 Å². The van der Waals surface area contributed by atoms with E-state index < -0.39 is 0 Å². The normalized spacial score (nSPS) is 9.07. The summed E-state index contributed by atoms with van der Waals surface area (Å²) in [5, 5.41) is 3.29. The molecule has 0 unspecified atom stereocenters. The zero-order chi connectivity index (χ0) is 15.6. The van der Waals surface area contributed by atoms with Crippen molar-refractivity contribution in [3.63, 3.8) is 0 Å². The molecule has 0 radical (unpaired) electrons. The molecule has 28 heavy (non-hydrogen) atoms. The van der Waals surface area contributed by atoms with Crippen LogP contribution in [0.25, 0.3) is 0 Å². The molecular weight excluding hydrogens is 382 g/mol. The second-order valence-electron chi connectivity index (χ2n) is 4.54. The molecule has 0 atom stereocenters. The Morgan fingerprint density at radius 2 is 1.46 bits per heavy atom. The molecule has 0 bridgehead atoms. The number of allylic oxidation sites excluding steroid dienone is 4. The van der Waals surface area contributed by atoms with Gasteiger partial charge in [-0.05, 0) is 24.3 Å². The van der Waals surface area contributed by atoms with E-state index in [9.17, 15) is 0 Å². The van der Waals surface area contributed by atoms with Gasteiger partial charge in [0.15, 0.2) is 11.5 Å². The van der Waals surface area contributed by atoms with Crippen molar-refractivity contribution in [1.82, 2.24) is 0 Å². The Kier molecular flexibility index (Phi) is 28.1. The molecule has 2 aromatic carbocycles. The minimum Gasteiger partial charge on any atom is -0.493 e. The van der Waals surface area contributed by atoms with E-state index >= 15 is 0 Å². The molecule has 0 spiro atoms. The number of rotatable bonds is 4. The number of hydrogen-bond donors (Lipinski definition) is 1. The van der Waals surface area contributed by atoms with Gasteiger partial charge in [-0.15, -0.1) is 6.42 Å². The van der Waals surface area contributed by atoms with E-state index in [-0.39, 0.29) is 58.9 Å². The maximum Gasteiger partial charge on any atom is 0.184 e. The van der Waals surface area contributed by atoms with Gasteiger partial charge in [-0.3, -0.25) is 6.08 Å². The van der Waals surface area contributed by atoms with Crippen LogP contribution in [0.5, 0.6) is 11.5 Å². The Bertz CT molecular complexity index is 630. The molecular formula is C24H35NO2Ti-6. The van der Waals surface area contributed by atoms with Gasteiger partial charge in [-0.25, -0.2) is 12.2 Å². The van der Waals surface area contributed by atoms with Crippen molar-refractivity contribution >= 4 is 11.4 Å². The Morgan fingerprint density at radius 1 is 0.821 bits per heavy atom. The largest absolute Gasteiger partial charge is 0.493 e. The molecule has 0 aromatic heterocycles. The van der Waals surface area contributed by atoms with Gasteiger partial charge in [0.2, 0.25) is 0 Å². The van der Waals surface area contributed by atoms with Gasteiger partial charge in [-0.2, -0.15) is 6.08 Å². The maximum absolute atomic E-state index is 5.35. The Balaban J connectivity index is -0.000000142. The van der Waals surface area contributed by atoms with E-state index in [0.717, 1.165) is 17.8 Å². The SMILES string of the molecule is COc1cccc(Nc2ccccc2)c1OC.[C-]1=CC=CC1.[CH3-].[CH3-].[CH3-].[CH3-].[CH3-].[Ti]. The van der Waals surface area contributed by atoms with Crippen molar-refractivity contribution < 1.29 is 31.2 Å². The molecule has 1 aliphatic rings. The zero-order valence-electron chi connectivity index (χ0n) is 18.4. The topological polar surface area (TPSA) is 30.5 Å². The van der Waals surface area contributed by atoms with Crippen LogP contribution in [0.3, 0.4) is 0 Å². The van der Waals surface area contributed by atoms with Crippen LogP contribution in [0.2, 0.25) is 0 Å². The average molecular weight is 417 g/mol. The maximum atomic E-state index is 5.35. The predicted molar refractivity (Wildman–Crippen MR) is 123 cm³/mol. The van der Waals surface area contributed by atoms with Crippen LogP contribution in [0, 0.1) is 43.2 Å². The minimum absolute atomic E-state index is 0. The molecule has 0 saturated carbocycles. The molecule has 3 nitrogen and oxygen atoms in total. The summed E-state index contributed by atoms with van der Waals surface area (Å²) in [5.41, 5.74) is 1.90. The first-order valence-corrected chi connectivity index (χ1v) is 7.10. The number of para-hydroxylation sites is 2. The van der Waals surface area contributed by atoms with Crippen LogP contribution in [0.4, 0.5) is 11.4 Å². The van der Waals surface area contributed by atoms with E-state index in [1.54, 1.807) is 14.2 Å². The summed E-state index contributed by atoms with van der Waals surface area (Å²) >= 11 is 0. The third-order valence-electron chi connectivity index (χ3n) is 3.04. The molecule has 2 aromatic rings. The van der Waals surface area contributed by atoms with E-state index in [4.69, 9.17) is 9.47 Å². The Labute approximate surface area is 189 Å². The molecule has 3 rings (SSSR count). The van der Waals surface area contributed by atoms with Crippen LogP contribution in [-0.4, -0.2) is 14.2 Å². The number of benzene rings is 2.